The fourth-order valence-corrected chi connectivity index (χ4v) is 3.13. The van der Waals surface area contributed by atoms with Crippen molar-refractivity contribution >= 4 is 23.2 Å². The van der Waals surface area contributed by atoms with Gasteiger partial charge < -0.3 is 10.3 Å². The van der Waals surface area contributed by atoms with Gasteiger partial charge in [-0.3, -0.25) is 10.6 Å². The highest BCUT2D eigenvalue weighted by Gasteiger charge is 2.33. The lowest BCUT2D eigenvalue weighted by molar-refractivity contribution is 0.0456. The molecular weight excluding hydrogens is 274 g/mol. The maximum Gasteiger partial charge on any atom is 0.256 e. The zero-order chi connectivity index (χ0) is 14.9. The molecule has 1 saturated heterocycles. The lowest BCUT2D eigenvalue weighted by atomic mass is 9.85. The van der Waals surface area contributed by atoms with Crippen molar-refractivity contribution in [3.05, 3.63) is 28.8 Å². The van der Waals surface area contributed by atoms with Gasteiger partial charge in [-0.2, -0.15) is 0 Å². The number of hydrogen-bond acceptors (Lipinski definition) is 3. The molecule has 1 aromatic rings. The Kier molecular flexibility index (Phi) is 4.55. The molecule has 0 saturated carbocycles. The van der Waals surface area contributed by atoms with Gasteiger partial charge in [0.1, 0.15) is 0 Å². The lowest BCUT2D eigenvalue weighted by Crippen LogP contribution is -2.49. The van der Waals surface area contributed by atoms with Crippen LogP contribution in [0.5, 0.6) is 0 Å². The number of carbonyl (C=O) groups excluding carboxylic acids is 1. The van der Waals surface area contributed by atoms with Gasteiger partial charge in [-0.05, 0) is 43.4 Å². The second-order valence-corrected chi connectivity index (χ2v) is 6.29. The molecule has 4 nitrogen and oxygen atoms in total. The van der Waals surface area contributed by atoms with E-state index in [1.807, 2.05) is 4.90 Å². The molecular formula is C15H22ClN3O. The molecule has 0 spiro atoms. The summed E-state index contributed by atoms with van der Waals surface area (Å²) in [5, 5.41) is 0.540. The number of likely N-dealkylation sites (tertiary alicyclic amines) is 1. The predicted molar refractivity (Wildman–Crippen MR) is 82.7 cm³/mol. The molecule has 3 N–H and O–H groups in total. The Morgan fingerprint density at radius 3 is 2.75 bits per heavy atom. The molecule has 1 amide bonds. The van der Waals surface area contributed by atoms with Crippen molar-refractivity contribution in [2.24, 2.45) is 17.7 Å². The number of piperidine rings is 1. The molecule has 0 radical (unpaired) electrons. The van der Waals surface area contributed by atoms with Crippen LogP contribution in [-0.4, -0.2) is 23.4 Å². The molecule has 2 rings (SSSR count). The fourth-order valence-electron chi connectivity index (χ4n) is 2.96. The highest BCUT2D eigenvalue weighted by atomic mass is 35.5. The zero-order valence-corrected chi connectivity index (χ0v) is 12.9. The Morgan fingerprint density at radius 2 is 2.10 bits per heavy atom. The van der Waals surface area contributed by atoms with Crippen LogP contribution < -0.4 is 11.3 Å². The van der Waals surface area contributed by atoms with E-state index in [1.165, 1.54) is 0 Å². The van der Waals surface area contributed by atoms with Crippen LogP contribution in [-0.2, 0) is 0 Å². The first-order valence-corrected chi connectivity index (χ1v) is 7.39. The quantitative estimate of drug-likeness (QED) is 0.651. The number of halogens is 1. The molecule has 3 unspecified atom stereocenters. The van der Waals surface area contributed by atoms with Crippen molar-refractivity contribution in [2.45, 2.75) is 33.2 Å². The predicted octanol–water partition coefficient (Wildman–Crippen LogP) is 3.13. The SMILES string of the molecule is CC1CC(C)C(C)N(C(=O)c2cc(Cl)ccc2NN)C1. The lowest BCUT2D eigenvalue weighted by Gasteiger charge is -2.41. The van der Waals surface area contributed by atoms with E-state index in [2.05, 4.69) is 26.2 Å². The van der Waals surface area contributed by atoms with E-state index in [0.29, 0.717) is 28.1 Å². The summed E-state index contributed by atoms with van der Waals surface area (Å²) in [6.07, 6.45) is 1.16. The highest BCUT2D eigenvalue weighted by molar-refractivity contribution is 6.31. The molecule has 5 heteroatoms. The number of nitrogens with one attached hydrogen (secondary N) is 1. The molecule has 0 bridgehead atoms. The molecule has 110 valence electrons. The van der Waals surface area contributed by atoms with Gasteiger partial charge in [0.25, 0.3) is 5.91 Å². The third-order valence-corrected chi connectivity index (χ3v) is 4.46. The first-order valence-electron chi connectivity index (χ1n) is 7.01. The fraction of sp³-hybridized carbons (Fsp3) is 0.533. The molecule has 1 aromatic carbocycles. The smallest absolute Gasteiger partial charge is 0.256 e. The van der Waals surface area contributed by atoms with Gasteiger partial charge in [-0.1, -0.05) is 25.4 Å². The van der Waals surface area contributed by atoms with E-state index in [1.54, 1.807) is 18.2 Å². The van der Waals surface area contributed by atoms with Crippen LogP contribution in [0.4, 0.5) is 5.69 Å². The summed E-state index contributed by atoms with van der Waals surface area (Å²) in [7, 11) is 0. The summed E-state index contributed by atoms with van der Waals surface area (Å²) in [4.78, 5) is 14.7. The van der Waals surface area contributed by atoms with Crippen LogP contribution in [0.2, 0.25) is 5.02 Å². The van der Waals surface area contributed by atoms with Crippen molar-refractivity contribution in [3.63, 3.8) is 0 Å². The normalized spacial score (nSPS) is 26.4. The summed E-state index contributed by atoms with van der Waals surface area (Å²) in [6.45, 7) is 7.26. The summed E-state index contributed by atoms with van der Waals surface area (Å²) >= 11 is 6.01. The number of anilines is 1. The van der Waals surface area contributed by atoms with Crippen LogP contribution in [0.25, 0.3) is 0 Å². The van der Waals surface area contributed by atoms with Crippen molar-refractivity contribution in [1.29, 1.82) is 0 Å². The minimum absolute atomic E-state index is 0.00801. The number of rotatable bonds is 2. The van der Waals surface area contributed by atoms with E-state index in [-0.39, 0.29) is 11.9 Å². The summed E-state index contributed by atoms with van der Waals surface area (Å²) in [6, 6.07) is 5.36. The number of benzene rings is 1. The molecule has 0 aromatic heterocycles. The molecule has 20 heavy (non-hydrogen) atoms. The van der Waals surface area contributed by atoms with E-state index >= 15 is 0 Å². The van der Waals surface area contributed by atoms with Crippen molar-refractivity contribution in [3.8, 4) is 0 Å². The van der Waals surface area contributed by atoms with E-state index < -0.39 is 0 Å². The molecule has 1 aliphatic heterocycles. The summed E-state index contributed by atoms with van der Waals surface area (Å²) < 4.78 is 0. The van der Waals surface area contributed by atoms with Crippen molar-refractivity contribution < 1.29 is 4.79 Å². The van der Waals surface area contributed by atoms with Crippen molar-refractivity contribution in [1.82, 2.24) is 4.90 Å². The number of nitrogens with two attached hydrogens (primary N) is 1. The number of carbonyl (C=O) groups is 1. The maximum atomic E-state index is 12.8. The largest absolute Gasteiger partial charge is 0.335 e. The highest BCUT2D eigenvalue weighted by Crippen LogP contribution is 2.30. The van der Waals surface area contributed by atoms with Gasteiger partial charge in [0.05, 0.1) is 11.3 Å². The van der Waals surface area contributed by atoms with Crippen LogP contribution in [0.15, 0.2) is 18.2 Å². The molecule has 3 atom stereocenters. The zero-order valence-electron chi connectivity index (χ0n) is 12.2. The number of hydrazine groups is 1. The second-order valence-electron chi connectivity index (χ2n) is 5.85. The third kappa shape index (κ3) is 2.91. The number of hydrogen-bond donors (Lipinski definition) is 2. The number of nitrogens with zero attached hydrogens (tertiary/aromatic N) is 1. The van der Waals surface area contributed by atoms with Gasteiger partial charge in [-0.25, -0.2) is 0 Å². The van der Waals surface area contributed by atoms with Crippen LogP contribution in [0.1, 0.15) is 37.6 Å². The van der Waals surface area contributed by atoms with Crippen LogP contribution >= 0.6 is 11.6 Å². The first-order chi connectivity index (χ1) is 9.43. The van der Waals surface area contributed by atoms with Gasteiger partial charge in [0.15, 0.2) is 0 Å². The Hall–Kier alpha value is -1.26. The van der Waals surface area contributed by atoms with E-state index in [4.69, 9.17) is 17.4 Å². The average molecular weight is 296 g/mol. The summed E-state index contributed by atoms with van der Waals surface area (Å²) in [5.74, 6) is 6.49. The Morgan fingerprint density at radius 1 is 1.40 bits per heavy atom. The Bertz CT molecular complexity index is 506. The Labute approximate surface area is 125 Å². The summed E-state index contributed by atoms with van der Waals surface area (Å²) in [5.41, 5.74) is 3.72. The topological polar surface area (TPSA) is 58.4 Å². The minimum Gasteiger partial charge on any atom is -0.335 e. The first kappa shape index (κ1) is 15.1. The van der Waals surface area contributed by atoms with Crippen LogP contribution in [0, 0.1) is 11.8 Å². The monoisotopic (exact) mass is 295 g/mol. The van der Waals surface area contributed by atoms with Gasteiger partial charge >= 0.3 is 0 Å². The average Bonchev–Trinajstić information content (AvgIpc) is 2.42. The molecule has 1 heterocycles. The standard InChI is InChI=1S/C15H22ClN3O/c1-9-6-10(2)11(3)19(8-9)15(20)13-7-12(16)4-5-14(13)18-17/h4-5,7,9-11,18H,6,8,17H2,1-3H3. The Balaban J connectivity index is 2.32. The molecule has 1 aliphatic rings. The number of amides is 1. The third-order valence-electron chi connectivity index (χ3n) is 4.23. The molecule has 0 aliphatic carbocycles. The van der Waals surface area contributed by atoms with Gasteiger partial charge in [0, 0.05) is 17.6 Å². The molecule has 1 fully saturated rings. The van der Waals surface area contributed by atoms with Crippen LogP contribution in [0.3, 0.4) is 0 Å². The van der Waals surface area contributed by atoms with Gasteiger partial charge in [0.2, 0.25) is 0 Å². The van der Waals surface area contributed by atoms with Gasteiger partial charge in [-0.15, -0.1) is 0 Å². The number of nitrogen functional groups attached to an aromatic ring is 1. The minimum atomic E-state index is -0.00801. The van der Waals surface area contributed by atoms with E-state index in [0.717, 1.165) is 13.0 Å². The second kappa shape index (κ2) is 6.02. The maximum absolute atomic E-state index is 12.8. The van der Waals surface area contributed by atoms with E-state index in [9.17, 15) is 4.79 Å². The van der Waals surface area contributed by atoms with Crippen molar-refractivity contribution in [2.75, 3.05) is 12.0 Å².